The zero-order valence-electron chi connectivity index (χ0n) is 29.1. The van der Waals surface area contributed by atoms with Crippen molar-refractivity contribution in [3.8, 4) is 29.1 Å². The van der Waals surface area contributed by atoms with Crippen molar-refractivity contribution in [1.29, 1.82) is 5.26 Å². The lowest BCUT2D eigenvalue weighted by atomic mass is 10.2. The summed E-state index contributed by atoms with van der Waals surface area (Å²) in [6.07, 6.45) is 3.03. The van der Waals surface area contributed by atoms with Crippen LogP contribution in [0.1, 0.15) is 0 Å². The van der Waals surface area contributed by atoms with Crippen LogP contribution in [0.5, 0.6) is 23.0 Å². The Hall–Kier alpha value is -3.98. The van der Waals surface area contributed by atoms with Gasteiger partial charge in [-0.05, 0) is 24.3 Å². The van der Waals surface area contributed by atoms with Crippen LogP contribution >= 0.6 is 0 Å². The zero-order valence-corrected chi connectivity index (χ0v) is 29.1. The van der Waals surface area contributed by atoms with Crippen LogP contribution in [-0.4, -0.2) is 138 Å². The standard InChI is InChI=1S/C36H49N3O12/c37-27-30(28-38-31-1-3-33-35(25-31)50-23-19-46-15-11-42-7-5-40-9-13-44-17-21-48-33)29-39-32-2-4-34-36(26-32)51-24-20-47-16-12-43-8-6-41-10-14-45-18-22-49-34/h1-4,25-26,28-29,38H,5-24H2/b30-28+,39-29?. The molecule has 0 bridgehead atoms. The third kappa shape index (κ3) is 17.2. The molecule has 0 atom stereocenters. The number of aliphatic imine (C=N–C) groups is 1. The molecule has 2 aromatic rings. The minimum atomic E-state index is 0.287. The maximum Gasteiger partial charge on any atom is 0.163 e. The highest BCUT2D eigenvalue weighted by Crippen LogP contribution is 2.32. The van der Waals surface area contributed by atoms with Crippen LogP contribution < -0.4 is 24.3 Å². The first-order valence-electron chi connectivity index (χ1n) is 17.1. The van der Waals surface area contributed by atoms with Crippen molar-refractivity contribution in [1.82, 2.24) is 0 Å². The van der Waals surface area contributed by atoms with E-state index in [9.17, 15) is 5.26 Å². The molecule has 4 rings (SSSR count). The molecule has 2 aromatic carbocycles. The summed E-state index contributed by atoms with van der Waals surface area (Å²) in [4.78, 5) is 4.50. The van der Waals surface area contributed by atoms with Gasteiger partial charge < -0.3 is 62.2 Å². The van der Waals surface area contributed by atoms with Gasteiger partial charge in [-0.1, -0.05) is 0 Å². The third-order valence-electron chi connectivity index (χ3n) is 6.92. The van der Waals surface area contributed by atoms with Crippen molar-refractivity contribution in [3.63, 3.8) is 0 Å². The average Bonchev–Trinajstić information content (AvgIpc) is 3.15. The van der Waals surface area contributed by atoms with Crippen molar-refractivity contribution >= 4 is 17.6 Å². The summed E-state index contributed by atoms with van der Waals surface area (Å²) in [6.45, 7) is 8.54. The number of fused-ring (bicyclic) bond motifs is 2. The second kappa shape index (κ2) is 25.9. The molecule has 0 unspecified atom stereocenters. The number of rotatable bonds is 4. The molecule has 2 aliphatic heterocycles. The Bertz CT molecular complexity index is 1350. The molecule has 2 heterocycles. The number of anilines is 1. The van der Waals surface area contributed by atoms with E-state index < -0.39 is 0 Å². The lowest BCUT2D eigenvalue weighted by Crippen LogP contribution is -2.16. The van der Waals surface area contributed by atoms with E-state index in [2.05, 4.69) is 16.4 Å². The third-order valence-corrected chi connectivity index (χ3v) is 6.92. The van der Waals surface area contributed by atoms with Crippen molar-refractivity contribution in [3.05, 3.63) is 48.2 Å². The zero-order chi connectivity index (χ0) is 35.4. The molecule has 0 aromatic heterocycles. The number of allylic oxidation sites excluding steroid dienone is 1. The molecule has 0 fully saturated rings. The first-order valence-corrected chi connectivity index (χ1v) is 17.1. The molecule has 0 spiro atoms. The number of nitrogens with zero attached hydrogens (tertiary/aromatic N) is 2. The Morgan fingerprint density at radius 1 is 0.490 bits per heavy atom. The summed E-state index contributed by atoms with van der Waals surface area (Å²) < 4.78 is 68.1. The number of hydrogen-bond acceptors (Lipinski definition) is 15. The van der Waals surface area contributed by atoms with Crippen molar-refractivity contribution in [2.75, 3.05) is 137 Å². The smallest absolute Gasteiger partial charge is 0.163 e. The molecule has 1 N–H and O–H groups in total. The van der Waals surface area contributed by atoms with E-state index in [4.69, 9.17) is 56.8 Å². The number of nitrogens with one attached hydrogen (secondary N) is 1. The molecule has 51 heavy (non-hydrogen) atoms. The van der Waals surface area contributed by atoms with Crippen LogP contribution in [0.4, 0.5) is 11.4 Å². The molecular formula is C36H49N3O12. The average molecular weight is 716 g/mol. The molecule has 0 amide bonds. The Morgan fingerprint density at radius 3 is 1.29 bits per heavy atom. The Balaban J connectivity index is 1.36. The van der Waals surface area contributed by atoms with Crippen LogP contribution in [0.3, 0.4) is 0 Å². The Morgan fingerprint density at radius 2 is 0.863 bits per heavy atom. The van der Waals surface area contributed by atoms with Crippen LogP contribution in [-0.2, 0) is 37.9 Å². The number of nitriles is 1. The van der Waals surface area contributed by atoms with Crippen LogP contribution in [0.15, 0.2) is 53.2 Å². The highest BCUT2D eigenvalue weighted by Gasteiger charge is 2.10. The minimum Gasteiger partial charge on any atom is -0.487 e. The molecule has 2 aliphatic rings. The summed E-state index contributed by atoms with van der Waals surface area (Å²) in [5, 5.41) is 13.0. The van der Waals surface area contributed by atoms with Gasteiger partial charge in [0.1, 0.15) is 32.5 Å². The lowest BCUT2D eigenvalue weighted by Gasteiger charge is -2.15. The molecule has 15 nitrogen and oxygen atoms in total. The van der Waals surface area contributed by atoms with Crippen molar-refractivity contribution < 1.29 is 56.8 Å². The fourth-order valence-corrected chi connectivity index (χ4v) is 4.41. The quantitative estimate of drug-likeness (QED) is 0.362. The van der Waals surface area contributed by atoms with E-state index in [1.165, 1.54) is 6.21 Å². The fraction of sp³-hybridized carbons (Fsp3) is 0.556. The van der Waals surface area contributed by atoms with E-state index in [1.807, 2.05) is 6.07 Å². The summed E-state index contributed by atoms with van der Waals surface area (Å²) in [5.74, 6) is 2.12. The van der Waals surface area contributed by atoms with Crippen molar-refractivity contribution in [2.24, 2.45) is 4.99 Å². The molecular weight excluding hydrogens is 666 g/mol. The normalized spacial score (nSPS) is 19.4. The van der Waals surface area contributed by atoms with Gasteiger partial charge >= 0.3 is 0 Å². The summed E-state index contributed by atoms with van der Waals surface area (Å²) in [5.41, 5.74) is 1.54. The number of hydrogen-bond donors (Lipinski definition) is 1. The molecule has 15 heteroatoms. The topological polar surface area (TPSA) is 159 Å². The van der Waals surface area contributed by atoms with E-state index in [1.54, 1.807) is 36.5 Å². The maximum atomic E-state index is 9.82. The van der Waals surface area contributed by atoms with E-state index in [0.29, 0.717) is 167 Å². The maximum absolute atomic E-state index is 9.82. The van der Waals surface area contributed by atoms with E-state index in [-0.39, 0.29) is 5.57 Å². The van der Waals surface area contributed by atoms with Crippen LogP contribution in [0, 0.1) is 11.3 Å². The molecule has 0 saturated carbocycles. The fourth-order valence-electron chi connectivity index (χ4n) is 4.41. The van der Waals surface area contributed by atoms with Crippen LogP contribution in [0.2, 0.25) is 0 Å². The molecule has 0 aliphatic carbocycles. The van der Waals surface area contributed by atoms with Gasteiger partial charge in [-0.2, -0.15) is 5.26 Å². The van der Waals surface area contributed by atoms with Gasteiger partial charge in [0.25, 0.3) is 0 Å². The Labute approximate surface area is 299 Å². The molecule has 0 radical (unpaired) electrons. The predicted octanol–water partition coefficient (Wildman–Crippen LogP) is 3.58. The van der Waals surface area contributed by atoms with Gasteiger partial charge in [0, 0.05) is 30.2 Å². The summed E-state index contributed by atoms with van der Waals surface area (Å²) >= 11 is 0. The number of ether oxygens (including phenoxy) is 12. The summed E-state index contributed by atoms with van der Waals surface area (Å²) in [6, 6.07) is 12.9. The van der Waals surface area contributed by atoms with Gasteiger partial charge in [0.2, 0.25) is 0 Å². The SMILES string of the molecule is N#C/C(C=Nc1ccc2c(c1)OCCOCCOCCOCCOCCO2)=C\Nc1ccc2c(c1)OCCOCCOCCOCCOCCO2. The first-order chi connectivity index (χ1) is 25.3. The highest BCUT2D eigenvalue weighted by molar-refractivity contribution is 5.86. The van der Waals surface area contributed by atoms with Crippen molar-refractivity contribution in [2.45, 2.75) is 0 Å². The predicted molar refractivity (Wildman–Crippen MR) is 187 cm³/mol. The summed E-state index contributed by atoms with van der Waals surface area (Å²) in [7, 11) is 0. The van der Waals surface area contributed by atoms with Gasteiger partial charge in [0.05, 0.1) is 117 Å². The first kappa shape index (κ1) is 39.8. The van der Waals surface area contributed by atoms with Crippen LogP contribution in [0.25, 0.3) is 0 Å². The monoisotopic (exact) mass is 715 g/mol. The van der Waals surface area contributed by atoms with Gasteiger partial charge in [-0.25, -0.2) is 0 Å². The van der Waals surface area contributed by atoms with Gasteiger partial charge in [-0.3, -0.25) is 4.99 Å². The lowest BCUT2D eigenvalue weighted by molar-refractivity contribution is -0.00841. The largest absolute Gasteiger partial charge is 0.487 e. The van der Waals surface area contributed by atoms with E-state index >= 15 is 0 Å². The van der Waals surface area contributed by atoms with Gasteiger partial charge in [-0.15, -0.1) is 0 Å². The Kier molecular flexibility index (Phi) is 20.2. The van der Waals surface area contributed by atoms with Gasteiger partial charge in [0.15, 0.2) is 23.0 Å². The second-order valence-electron chi connectivity index (χ2n) is 10.7. The second-order valence-corrected chi connectivity index (χ2v) is 10.7. The molecule has 0 saturated heterocycles. The van der Waals surface area contributed by atoms with E-state index in [0.717, 1.165) is 0 Å². The highest BCUT2D eigenvalue weighted by atomic mass is 16.6. The number of benzene rings is 2. The molecule has 280 valence electrons. The minimum absolute atomic E-state index is 0.287.